The maximum Gasteiger partial charge on any atom is 0.162 e. The van der Waals surface area contributed by atoms with E-state index in [0.29, 0.717) is 24.2 Å². The van der Waals surface area contributed by atoms with Crippen LogP contribution in [0.5, 0.6) is 0 Å². The fourth-order valence-corrected chi connectivity index (χ4v) is 7.33. The number of thiophene rings is 1. The van der Waals surface area contributed by atoms with E-state index in [4.69, 9.17) is 5.73 Å². The zero-order valence-electron chi connectivity index (χ0n) is 19.8. The van der Waals surface area contributed by atoms with Gasteiger partial charge in [0.2, 0.25) is 0 Å². The van der Waals surface area contributed by atoms with Gasteiger partial charge in [-0.25, -0.2) is 0 Å². The van der Waals surface area contributed by atoms with E-state index in [9.17, 15) is 10.1 Å². The van der Waals surface area contributed by atoms with Crippen LogP contribution in [0.4, 0.5) is 5.69 Å². The number of nitriles is 1. The molecule has 176 valence electrons. The topological polar surface area (TPSA) is 70.1 Å². The first-order chi connectivity index (χ1) is 17.0. The molecule has 1 aromatic heterocycles. The molecule has 0 radical (unpaired) electrons. The van der Waals surface area contributed by atoms with Crippen LogP contribution in [0.3, 0.4) is 0 Å². The fraction of sp³-hybridized carbons (Fsp3) is 0.241. The van der Waals surface area contributed by atoms with E-state index in [1.54, 1.807) is 23.1 Å². The number of anilines is 1. The van der Waals surface area contributed by atoms with Gasteiger partial charge in [0.15, 0.2) is 5.78 Å². The Labute approximate surface area is 214 Å². The first-order valence-corrected chi connectivity index (χ1v) is 13.7. The molecule has 2 N–H and O–H groups in total. The van der Waals surface area contributed by atoms with Crippen LogP contribution in [0.2, 0.25) is 0 Å². The number of ketones is 1. The number of hydrogen-bond acceptors (Lipinski definition) is 6. The van der Waals surface area contributed by atoms with Gasteiger partial charge < -0.3 is 5.73 Å². The molecule has 0 bridgehead atoms. The highest BCUT2D eigenvalue weighted by Gasteiger charge is 2.43. The van der Waals surface area contributed by atoms with E-state index in [1.807, 2.05) is 59.7 Å². The van der Waals surface area contributed by atoms with E-state index in [2.05, 4.69) is 31.2 Å². The first kappa shape index (κ1) is 23.5. The van der Waals surface area contributed by atoms with Crippen molar-refractivity contribution in [3.8, 4) is 6.07 Å². The van der Waals surface area contributed by atoms with Crippen molar-refractivity contribution < 1.29 is 4.79 Å². The van der Waals surface area contributed by atoms with E-state index in [1.165, 1.54) is 0 Å². The molecule has 5 rings (SSSR count). The Hall–Kier alpha value is -3.27. The van der Waals surface area contributed by atoms with E-state index >= 15 is 0 Å². The first-order valence-electron chi connectivity index (χ1n) is 11.8. The highest BCUT2D eigenvalue weighted by atomic mass is 32.2. The van der Waals surface area contributed by atoms with Gasteiger partial charge in [-0.3, -0.25) is 9.69 Å². The number of benzene rings is 2. The van der Waals surface area contributed by atoms with Crippen LogP contribution in [-0.2, 0) is 4.79 Å². The van der Waals surface area contributed by atoms with Gasteiger partial charge >= 0.3 is 0 Å². The second-order valence-corrected chi connectivity index (χ2v) is 11.3. The number of allylic oxidation sites excluding steroid dienone is 3. The molecule has 0 spiro atoms. The third-order valence-electron chi connectivity index (χ3n) is 6.84. The minimum Gasteiger partial charge on any atom is -0.384 e. The Morgan fingerprint density at radius 3 is 2.57 bits per heavy atom. The lowest BCUT2D eigenvalue weighted by Crippen LogP contribution is -2.40. The van der Waals surface area contributed by atoms with Crippen molar-refractivity contribution in [1.29, 1.82) is 5.26 Å². The summed E-state index contributed by atoms with van der Waals surface area (Å²) in [6.45, 7) is 4.15. The zero-order chi connectivity index (χ0) is 24.5. The molecule has 1 aliphatic carbocycles. The van der Waals surface area contributed by atoms with Crippen LogP contribution in [-0.4, -0.2) is 11.5 Å². The van der Waals surface area contributed by atoms with Crippen molar-refractivity contribution in [3.63, 3.8) is 0 Å². The molecule has 0 amide bonds. The highest BCUT2D eigenvalue weighted by molar-refractivity contribution is 8.01. The quantitative estimate of drug-likeness (QED) is 0.390. The number of carbonyl (C=O) groups is 1. The Morgan fingerprint density at radius 2 is 1.86 bits per heavy atom. The SMILES string of the molecule is CCSc1sccc1C1C(C#N)=C(N)N(c2ccccc2C)C2=C1C(=O)CC(c1ccccc1)C2. The van der Waals surface area contributed by atoms with Crippen LogP contribution in [0.15, 0.2) is 92.9 Å². The third kappa shape index (κ3) is 4.09. The molecule has 2 aliphatic rings. The van der Waals surface area contributed by atoms with Gasteiger partial charge in [-0.15, -0.1) is 23.1 Å². The predicted molar refractivity (Wildman–Crippen MR) is 144 cm³/mol. The number of rotatable bonds is 5. The molecule has 0 saturated carbocycles. The van der Waals surface area contributed by atoms with Crippen LogP contribution in [0.25, 0.3) is 0 Å². The lowest BCUT2D eigenvalue weighted by molar-refractivity contribution is -0.116. The summed E-state index contributed by atoms with van der Waals surface area (Å²) >= 11 is 3.41. The molecule has 2 aromatic carbocycles. The smallest absolute Gasteiger partial charge is 0.162 e. The third-order valence-corrected chi connectivity index (χ3v) is 8.99. The van der Waals surface area contributed by atoms with E-state index < -0.39 is 5.92 Å². The van der Waals surface area contributed by atoms with Crippen molar-refractivity contribution in [1.82, 2.24) is 0 Å². The number of nitrogens with two attached hydrogens (primary N) is 1. The lowest BCUT2D eigenvalue weighted by atomic mass is 9.72. The second kappa shape index (κ2) is 9.77. The fourth-order valence-electron chi connectivity index (χ4n) is 5.26. The molecular weight excluding hydrogens is 470 g/mol. The van der Waals surface area contributed by atoms with Crippen molar-refractivity contribution in [2.24, 2.45) is 5.73 Å². The molecule has 2 unspecified atom stereocenters. The summed E-state index contributed by atoms with van der Waals surface area (Å²) in [7, 11) is 0. The van der Waals surface area contributed by atoms with E-state index in [-0.39, 0.29) is 11.7 Å². The Bertz CT molecular complexity index is 1380. The maximum absolute atomic E-state index is 14.0. The standard InChI is InChI=1S/C29H27N3OS2/c1-3-34-29-21(13-14-35-29)26-22(17-30)28(31)32(23-12-8-7-9-18(23)2)24-15-20(16-25(33)27(24)26)19-10-5-4-6-11-19/h4-14,20,26H,3,15-16,31H2,1-2H3. The number of para-hydroxylation sites is 1. The number of aryl methyl sites for hydroxylation is 1. The largest absolute Gasteiger partial charge is 0.384 e. The van der Waals surface area contributed by atoms with Crippen molar-refractivity contribution >= 4 is 34.6 Å². The second-order valence-electron chi connectivity index (χ2n) is 8.86. The molecule has 6 heteroatoms. The summed E-state index contributed by atoms with van der Waals surface area (Å²) in [4.78, 5) is 15.9. The van der Waals surface area contributed by atoms with Gasteiger partial charge in [-0.05, 0) is 59.2 Å². The van der Waals surface area contributed by atoms with Crippen molar-refractivity contribution in [2.45, 2.75) is 42.7 Å². The monoisotopic (exact) mass is 497 g/mol. The van der Waals surface area contributed by atoms with Gasteiger partial charge in [0, 0.05) is 17.7 Å². The van der Waals surface area contributed by atoms with Gasteiger partial charge in [0.05, 0.1) is 27.5 Å². The summed E-state index contributed by atoms with van der Waals surface area (Å²) in [5.41, 5.74) is 13.1. The van der Waals surface area contributed by atoms with Crippen LogP contribution >= 0.6 is 23.1 Å². The predicted octanol–water partition coefficient (Wildman–Crippen LogP) is 6.87. The molecule has 0 fully saturated rings. The summed E-state index contributed by atoms with van der Waals surface area (Å²) < 4.78 is 1.15. The zero-order valence-corrected chi connectivity index (χ0v) is 21.5. The van der Waals surface area contributed by atoms with Crippen LogP contribution in [0, 0.1) is 18.3 Å². The van der Waals surface area contributed by atoms with Crippen LogP contribution in [0.1, 0.15) is 48.3 Å². The average molecular weight is 498 g/mol. The molecule has 2 heterocycles. The molecule has 2 atom stereocenters. The minimum atomic E-state index is -0.431. The number of hydrogen-bond donors (Lipinski definition) is 1. The Morgan fingerprint density at radius 1 is 1.11 bits per heavy atom. The average Bonchev–Trinajstić information content (AvgIpc) is 3.32. The Balaban J connectivity index is 1.74. The molecular formula is C29H27N3OS2. The molecule has 4 nitrogen and oxygen atoms in total. The highest BCUT2D eigenvalue weighted by Crippen LogP contribution is 2.51. The van der Waals surface area contributed by atoms with E-state index in [0.717, 1.165) is 43.6 Å². The summed E-state index contributed by atoms with van der Waals surface area (Å²) in [5, 5.41) is 12.4. The maximum atomic E-state index is 14.0. The summed E-state index contributed by atoms with van der Waals surface area (Å²) in [5.74, 6) is 1.08. The number of Topliss-reactive ketones (excluding diaryl/α,β-unsaturated/α-hetero) is 1. The Kier molecular flexibility index (Phi) is 6.55. The lowest BCUT2D eigenvalue weighted by Gasteiger charge is -2.42. The van der Waals surface area contributed by atoms with Gasteiger partial charge in [-0.2, -0.15) is 5.26 Å². The molecule has 3 aromatic rings. The van der Waals surface area contributed by atoms with Gasteiger partial charge in [0.25, 0.3) is 0 Å². The summed E-state index contributed by atoms with van der Waals surface area (Å²) in [6.07, 6.45) is 1.12. The number of thioether (sulfide) groups is 1. The normalized spacial score (nSPS) is 20.1. The van der Waals surface area contributed by atoms with Gasteiger partial charge in [-0.1, -0.05) is 55.5 Å². The molecule has 35 heavy (non-hydrogen) atoms. The van der Waals surface area contributed by atoms with Crippen molar-refractivity contribution in [3.05, 3.63) is 105 Å². The number of carbonyl (C=O) groups excluding carboxylic acids is 1. The number of nitrogens with zero attached hydrogens (tertiary/aromatic N) is 2. The minimum absolute atomic E-state index is 0.0676. The summed E-state index contributed by atoms with van der Waals surface area (Å²) in [6, 6.07) is 22.7. The van der Waals surface area contributed by atoms with Crippen molar-refractivity contribution in [2.75, 3.05) is 10.7 Å². The molecule has 1 aliphatic heterocycles. The molecule has 0 saturated heterocycles. The van der Waals surface area contributed by atoms with Gasteiger partial charge in [0.1, 0.15) is 5.82 Å². The van der Waals surface area contributed by atoms with Crippen LogP contribution < -0.4 is 10.6 Å².